The molecule has 7 nitrogen and oxygen atoms in total. The first-order valence-electron chi connectivity index (χ1n) is 13.7. The van der Waals surface area contributed by atoms with Crippen molar-refractivity contribution >= 4 is 68.4 Å². The number of halogens is 9. The summed E-state index contributed by atoms with van der Waals surface area (Å²) in [6.45, 7) is 1.58. The predicted molar refractivity (Wildman–Crippen MR) is 155 cm³/mol. The lowest BCUT2D eigenvalue weighted by Crippen LogP contribution is -2.60. The van der Waals surface area contributed by atoms with E-state index in [1.54, 1.807) is 13.0 Å². The monoisotopic (exact) mass is 752 g/mol. The first-order valence-corrected chi connectivity index (χ1v) is 15.6. The van der Waals surface area contributed by atoms with Crippen molar-refractivity contribution in [2.24, 2.45) is 17.8 Å². The minimum atomic E-state index is -5.23. The summed E-state index contributed by atoms with van der Waals surface area (Å²) in [4.78, 5) is 52.0. The van der Waals surface area contributed by atoms with E-state index in [-0.39, 0.29) is 23.7 Å². The van der Waals surface area contributed by atoms with Gasteiger partial charge in [0, 0.05) is 5.92 Å². The van der Waals surface area contributed by atoms with Gasteiger partial charge in [0.15, 0.2) is 9.75 Å². The van der Waals surface area contributed by atoms with Gasteiger partial charge in [0.1, 0.15) is 5.75 Å². The summed E-state index contributed by atoms with van der Waals surface area (Å²) in [5.74, 6) is -8.69. The number of aromatic hydroxyl groups is 1. The van der Waals surface area contributed by atoms with Crippen molar-refractivity contribution in [1.29, 1.82) is 0 Å². The summed E-state index contributed by atoms with van der Waals surface area (Å²) < 4.78 is 81.9. The van der Waals surface area contributed by atoms with Crippen LogP contribution in [0.5, 0.6) is 5.75 Å². The number of alkyl halides is 9. The smallest absolute Gasteiger partial charge is 0.416 e. The normalized spacial score (nSPS) is 31.2. The van der Waals surface area contributed by atoms with Crippen molar-refractivity contribution in [2.45, 2.75) is 47.8 Å². The van der Waals surface area contributed by atoms with Crippen LogP contribution in [0.15, 0.2) is 48.0 Å². The number of nitrogens with zero attached hydrogens (tertiary/aromatic N) is 2. The third kappa shape index (κ3) is 4.45. The fraction of sp³-hybridized carbons (Fsp3) is 0.400. The number of amides is 4. The number of fused-ring (bicyclic) bond motifs is 4. The zero-order valence-corrected chi connectivity index (χ0v) is 26.4. The van der Waals surface area contributed by atoms with E-state index in [1.165, 1.54) is 18.2 Å². The number of phenols is 1. The van der Waals surface area contributed by atoms with Crippen LogP contribution in [-0.4, -0.2) is 48.8 Å². The molecule has 2 aromatic rings. The van der Waals surface area contributed by atoms with Crippen LogP contribution in [0.3, 0.4) is 0 Å². The number of allylic oxidation sites excluding steroid dienone is 2. The molecule has 6 rings (SSSR count). The Hall–Kier alpha value is -3.10. The second-order valence-corrected chi connectivity index (χ2v) is 13.6. The number of imide groups is 2. The van der Waals surface area contributed by atoms with Gasteiger partial charge in [0.25, 0.3) is 11.8 Å². The highest BCUT2D eigenvalue weighted by atomic mass is 79.9. The fourth-order valence-electron chi connectivity index (χ4n) is 7.31. The Morgan fingerprint density at radius 2 is 1.52 bits per heavy atom. The number of phenolic OH excluding ortho intramolecular Hbond substituents is 1. The molecule has 46 heavy (non-hydrogen) atoms. The van der Waals surface area contributed by atoms with E-state index in [0.717, 1.165) is 4.90 Å². The molecule has 0 bridgehead atoms. The van der Waals surface area contributed by atoms with Crippen LogP contribution in [0.25, 0.3) is 0 Å². The molecule has 4 aliphatic rings. The quantitative estimate of drug-likeness (QED) is 0.125. The summed E-state index contributed by atoms with van der Waals surface area (Å²) in [5.41, 5.74) is -3.49. The number of benzene rings is 2. The predicted octanol–water partition coefficient (Wildman–Crippen LogP) is 6.65. The minimum absolute atomic E-state index is 0.0861. The molecule has 0 unspecified atom stereocenters. The molecule has 0 spiro atoms. The highest BCUT2D eigenvalue weighted by Gasteiger charge is 2.76. The summed E-state index contributed by atoms with van der Waals surface area (Å²) >= 11 is 17.3. The lowest BCUT2D eigenvalue weighted by Gasteiger charge is -2.50. The molecule has 16 heteroatoms. The topological polar surface area (TPSA) is 95.0 Å². The molecule has 0 radical (unpaired) electrons. The lowest BCUT2D eigenvalue weighted by atomic mass is 9.56. The van der Waals surface area contributed by atoms with Crippen molar-refractivity contribution in [3.63, 3.8) is 0 Å². The van der Waals surface area contributed by atoms with Gasteiger partial charge in [-0.2, -0.15) is 26.3 Å². The standard InChI is InChI=1S/C30H21BrCl2F6N2O5/c1-12-6-13(2-5-20(12)42)22-17-3-4-18-21(19(17)10-27(32)25(45)40(11-31)26(46)28(22,27)33)24(44)41(23(18)43)16-8-14(29(34,35)36)7-15(9-16)30(37,38)39/h2-3,5-9,18-19,21-22,42H,4,10-11H2,1H3/t18-,19+,21-,22-,27+,28-/m0/s1. The van der Waals surface area contributed by atoms with Crippen molar-refractivity contribution < 1.29 is 50.6 Å². The highest BCUT2D eigenvalue weighted by molar-refractivity contribution is 9.09. The molecular formula is C30H21BrCl2F6N2O5. The van der Waals surface area contributed by atoms with Crippen LogP contribution in [0.1, 0.15) is 41.0 Å². The number of anilines is 1. The number of rotatable bonds is 3. The highest BCUT2D eigenvalue weighted by Crippen LogP contribution is 2.65. The molecule has 2 aliphatic carbocycles. The third-order valence-electron chi connectivity index (χ3n) is 9.40. The number of carbonyl (C=O) groups excluding carboxylic acids is 4. The SMILES string of the molecule is Cc1cc([C@H]2C3=CC[C@@H]4C(=O)N(c5cc(C(F)(F)F)cc(C(F)(F)F)c5)C(=O)[C@@H]4[C@@H]3C[C@@]3(Cl)C(=O)N(CBr)C(=O)[C@@]23Cl)ccc1O. The van der Waals surface area contributed by atoms with Crippen molar-refractivity contribution in [3.8, 4) is 5.75 Å². The number of hydrogen-bond acceptors (Lipinski definition) is 5. The second kappa shape index (κ2) is 10.4. The van der Waals surface area contributed by atoms with Gasteiger partial charge in [-0.1, -0.05) is 39.7 Å². The minimum Gasteiger partial charge on any atom is -0.508 e. The molecule has 4 amide bonds. The summed E-state index contributed by atoms with van der Waals surface area (Å²) in [5, 5.41) is 10.2. The molecule has 2 saturated heterocycles. The Balaban J connectivity index is 1.51. The van der Waals surface area contributed by atoms with Crippen molar-refractivity contribution in [1.82, 2.24) is 4.90 Å². The van der Waals surface area contributed by atoms with Gasteiger partial charge in [0.05, 0.1) is 34.1 Å². The summed E-state index contributed by atoms with van der Waals surface area (Å²) in [7, 11) is 0. The van der Waals surface area contributed by atoms with E-state index >= 15 is 0 Å². The van der Waals surface area contributed by atoms with Gasteiger partial charge >= 0.3 is 12.4 Å². The molecule has 3 fully saturated rings. The van der Waals surface area contributed by atoms with Gasteiger partial charge in [-0.3, -0.25) is 24.1 Å². The van der Waals surface area contributed by atoms with Gasteiger partial charge < -0.3 is 5.11 Å². The molecule has 2 heterocycles. The van der Waals surface area contributed by atoms with Gasteiger partial charge in [-0.25, -0.2) is 4.90 Å². The zero-order valence-electron chi connectivity index (χ0n) is 23.3. The van der Waals surface area contributed by atoms with E-state index in [1.807, 2.05) is 0 Å². The maximum absolute atomic E-state index is 14.0. The zero-order chi connectivity index (χ0) is 33.9. The Bertz CT molecular complexity index is 1730. The van der Waals surface area contributed by atoms with E-state index in [9.17, 15) is 50.6 Å². The summed E-state index contributed by atoms with van der Waals surface area (Å²) in [6.07, 6.45) is -9.49. The van der Waals surface area contributed by atoms with Crippen LogP contribution >= 0.6 is 39.1 Å². The first kappa shape index (κ1) is 32.8. The Morgan fingerprint density at radius 3 is 2.07 bits per heavy atom. The van der Waals surface area contributed by atoms with Crippen LogP contribution in [0, 0.1) is 24.7 Å². The van der Waals surface area contributed by atoms with Crippen LogP contribution < -0.4 is 4.90 Å². The average Bonchev–Trinajstić information content (AvgIpc) is 3.31. The van der Waals surface area contributed by atoms with Crippen molar-refractivity contribution in [2.75, 3.05) is 10.4 Å². The average molecular weight is 754 g/mol. The first-order chi connectivity index (χ1) is 21.3. The number of likely N-dealkylation sites (tertiary alicyclic amines) is 1. The largest absolute Gasteiger partial charge is 0.508 e. The third-order valence-corrected chi connectivity index (χ3v) is 11.3. The van der Waals surface area contributed by atoms with Crippen LogP contribution in [0.4, 0.5) is 32.0 Å². The van der Waals surface area contributed by atoms with Crippen molar-refractivity contribution in [3.05, 3.63) is 70.3 Å². The molecule has 2 aliphatic heterocycles. The fourth-order valence-corrected chi connectivity index (χ4v) is 8.73. The van der Waals surface area contributed by atoms with Crippen LogP contribution in [0.2, 0.25) is 0 Å². The Morgan fingerprint density at radius 1 is 0.913 bits per heavy atom. The summed E-state index contributed by atoms with van der Waals surface area (Å²) in [6, 6.07) is 4.84. The molecule has 1 N–H and O–H groups in total. The maximum atomic E-state index is 14.0. The number of carbonyl (C=O) groups is 4. The number of hydrogen-bond donors (Lipinski definition) is 1. The van der Waals surface area contributed by atoms with Crippen LogP contribution in [-0.2, 0) is 31.5 Å². The van der Waals surface area contributed by atoms with Gasteiger partial charge in [-0.15, -0.1) is 23.2 Å². The lowest BCUT2D eigenvalue weighted by molar-refractivity contribution is -0.143. The molecule has 1 saturated carbocycles. The van der Waals surface area contributed by atoms with E-state index in [4.69, 9.17) is 23.2 Å². The number of aryl methyl sites for hydroxylation is 1. The maximum Gasteiger partial charge on any atom is 0.416 e. The Kier molecular flexibility index (Phi) is 7.46. The molecule has 2 aromatic carbocycles. The molecule has 0 aromatic heterocycles. The Labute approximate surface area is 275 Å². The van der Waals surface area contributed by atoms with Gasteiger partial charge in [-0.05, 0) is 61.1 Å². The molecule has 6 atom stereocenters. The van der Waals surface area contributed by atoms with E-state index in [0.29, 0.717) is 33.7 Å². The second-order valence-electron chi connectivity index (χ2n) is 11.8. The molecule has 244 valence electrons. The van der Waals surface area contributed by atoms with Gasteiger partial charge in [0.2, 0.25) is 11.8 Å². The van der Waals surface area contributed by atoms with E-state index < -0.39 is 92.6 Å². The molecular weight excluding hydrogens is 733 g/mol. The van der Waals surface area contributed by atoms with E-state index in [2.05, 4.69) is 15.9 Å².